The molecule has 2 atom stereocenters. The lowest BCUT2D eigenvalue weighted by Gasteiger charge is -2.18. The van der Waals surface area contributed by atoms with Gasteiger partial charge in [-0.15, -0.1) is 11.3 Å². The van der Waals surface area contributed by atoms with Crippen LogP contribution in [-0.2, 0) is 11.2 Å². The van der Waals surface area contributed by atoms with Gasteiger partial charge in [0.15, 0.2) is 0 Å². The molecule has 0 bridgehead atoms. The van der Waals surface area contributed by atoms with E-state index in [1.807, 2.05) is 19.1 Å². The molecule has 0 saturated carbocycles. The molecule has 0 spiro atoms. The molecule has 0 radical (unpaired) electrons. The summed E-state index contributed by atoms with van der Waals surface area (Å²) in [6.07, 6.45) is 4.47. The van der Waals surface area contributed by atoms with Crippen molar-refractivity contribution in [2.75, 3.05) is 13.2 Å². The minimum Gasteiger partial charge on any atom is -0.379 e. The lowest BCUT2D eigenvalue weighted by Crippen LogP contribution is -2.40. The number of pyridine rings is 1. The molecule has 1 aliphatic rings. The van der Waals surface area contributed by atoms with Crippen molar-refractivity contribution >= 4 is 17.2 Å². The summed E-state index contributed by atoms with van der Waals surface area (Å²) in [5.41, 5.74) is 3.69. The smallest absolute Gasteiger partial charge is 0.263 e. The van der Waals surface area contributed by atoms with Gasteiger partial charge in [0.2, 0.25) is 0 Å². The third-order valence-electron chi connectivity index (χ3n) is 3.71. The van der Waals surface area contributed by atoms with E-state index in [4.69, 9.17) is 4.74 Å². The first kappa shape index (κ1) is 14.2. The van der Waals surface area contributed by atoms with Gasteiger partial charge >= 0.3 is 0 Å². The van der Waals surface area contributed by atoms with Gasteiger partial charge in [-0.05, 0) is 31.0 Å². The number of hydrogen-bond donors (Lipinski definition) is 1. The molecule has 0 aliphatic carbocycles. The van der Waals surface area contributed by atoms with Gasteiger partial charge in [0.25, 0.3) is 5.91 Å². The van der Waals surface area contributed by atoms with E-state index < -0.39 is 0 Å². The second-order valence-electron chi connectivity index (χ2n) is 5.20. The van der Waals surface area contributed by atoms with Crippen molar-refractivity contribution in [3.05, 3.63) is 46.2 Å². The number of rotatable bonds is 4. The van der Waals surface area contributed by atoms with Crippen LogP contribution in [0, 0.1) is 12.8 Å². The average molecular weight is 303 g/mol. The maximum Gasteiger partial charge on any atom is 0.263 e. The standard InChI is InChI=1S/C15H17N3O2S/c1-10-14(21-9-17-10)15(19)18-13-8-20-7-12(13)6-11-2-4-16-5-3-11/h2-5,9,12-13H,6-8H2,1H3,(H,18,19)/t12-,13+/m1/s1. The second kappa shape index (κ2) is 6.32. The van der Waals surface area contributed by atoms with E-state index in [9.17, 15) is 4.79 Å². The SMILES string of the molecule is Cc1ncsc1C(=O)N[C@H]1COC[C@H]1Cc1ccncc1. The predicted octanol–water partition coefficient (Wildman–Crippen LogP) is 1.83. The van der Waals surface area contributed by atoms with Crippen LogP contribution in [0.5, 0.6) is 0 Å². The zero-order valence-electron chi connectivity index (χ0n) is 11.8. The summed E-state index contributed by atoms with van der Waals surface area (Å²) < 4.78 is 5.55. The Morgan fingerprint density at radius 3 is 2.95 bits per heavy atom. The molecule has 1 amide bonds. The quantitative estimate of drug-likeness (QED) is 0.936. The lowest BCUT2D eigenvalue weighted by atomic mass is 9.95. The predicted molar refractivity (Wildman–Crippen MR) is 80.4 cm³/mol. The van der Waals surface area contributed by atoms with Crippen LogP contribution in [0.1, 0.15) is 20.9 Å². The summed E-state index contributed by atoms with van der Waals surface area (Å²) in [5.74, 6) is 0.245. The van der Waals surface area contributed by atoms with Crippen LogP contribution >= 0.6 is 11.3 Å². The number of hydrogen-bond acceptors (Lipinski definition) is 5. The third kappa shape index (κ3) is 3.28. The van der Waals surface area contributed by atoms with Crippen LogP contribution in [0.3, 0.4) is 0 Å². The van der Waals surface area contributed by atoms with Gasteiger partial charge in [-0.1, -0.05) is 0 Å². The lowest BCUT2D eigenvalue weighted by molar-refractivity contribution is 0.0928. The Balaban J connectivity index is 1.64. The Kier molecular flexibility index (Phi) is 4.26. The second-order valence-corrected chi connectivity index (χ2v) is 6.06. The Bertz CT molecular complexity index is 614. The topological polar surface area (TPSA) is 64.1 Å². The number of amides is 1. The summed E-state index contributed by atoms with van der Waals surface area (Å²) >= 11 is 1.37. The van der Waals surface area contributed by atoms with Crippen molar-refractivity contribution in [1.29, 1.82) is 0 Å². The Hall–Kier alpha value is -1.79. The molecule has 110 valence electrons. The van der Waals surface area contributed by atoms with E-state index in [2.05, 4.69) is 15.3 Å². The summed E-state index contributed by atoms with van der Waals surface area (Å²) in [6.45, 7) is 3.10. The van der Waals surface area contributed by atoms with Gasteiger partial charge in [-0.3, -0.25) is 9.78 Å². The van der Waals surface area contributed by atoms with E-state index in [0.29, 0.717) is 24.0 Å². The monoisotopic (exact) mass is 303 g/mol. The maximum absolute atomic E-state index is 12.3. The molecule has 2 aromatic rings. The summed E-state index contributed by atoms with van der Waals surface area (Å²) in [7, 11) is 0. The summed E-state index contributed by atoms with van der Waals surface area (Å²) in [6, 6.07) is 4.06. The van der Waals surface area contributed by atoms with E-state index >= 15 is 0 Å². The highest BCUT2D eigenvalue weighted by atomic mass is 32.1. The van der Waals surface area contributed by atoms with Crippen LogP contribution < -0.4 is 5.32 Å². The van der Waals surface area contributed by atoms with Crippen LogP contribution in [0.15, 0.2) is 30.0 Å². The number of aromatic nitrogens is 2. The highest BCUT2D eigenvalue weighted by Gasteiger charge is 2.30. The highest BCUT2D eigenvalue weighted by Crippen LogP contribution is 2.20. The molecule has 0 aromatic carbocycles. The molecule has 3 heterocycles. The zero-order chi connectivity index (χ0) is 14.7. The van der Waals surface area contributed by atoms with Crippen molar-refractivity contribution in [3.8, 4) is 0 Å². The number of nitrogens with one attached hydrogen (secondary N) is 1. The van der Waals surface area contributed by atoms with Crippen molar-refractivity contribution in [2.24, 2.45) is 5.92 Å². The van der Waals surface area contributed by atoms with Gasteiger partial charge in [0, 0.05) is 18.3 Å². The van der Waals surface area contributed by atoms with E-state index in [1.165, 1.54) is 16.9 Å². The van der Waals surface area contributed by atoms with Crippen molar-refractivity contribution in [3.63, 3.8) is 0 Å². The molecule has 21 heavy (non-hydrogen) atoms. The van der Waals surface area contributed by atoms with E-state index in [-0.39, 0.29) is 11.9 Å². The third-order valence-corrected chi connectivity index (χ3v) is 4.64. The van der Waals surface area contributed by atoms with Crippen LogP contribution in [0.25, 0.3) is 0 Å². The fourth-order valence-corrected chi connectivity index (χ4v) is 3.24. The number of carbonyl (C=O) groups excluding carboxylic acids is 1. The molecule has 5 nitrogen and oxygen atoms in total. The Morgan fingerprint density at radius 1 is 1.43 bits per heavy atom. The van der Waals surface area contributed by atoms with Gasteiger partial charge in [-0.25, -0.2) is 4.98 Å². The first-order chi connectivity index (χ1) is 10.2. The normalized spacial score (nSPS) is 21.4. The summed E-state index contributed by atoms with van der Waals surface area (Å²) in [5, 5.41) is 3.08. The van der Waals surface area contributed by atoms with Gasteiger partial charge in [0.1, 0.15) is 4.88 Å². The van der Waals surface area contributed by atoms with Crippen LogP contribution in [-0.4, -0.2) is 35.1 Å². The Morgan fingerprint density at radius 2 is 2.24 bits per heavy atom. The molecule has 3 rings (SSSR count). The van der Waals surface area contributed by atoms with Gasteiger partial charge in [-0.2, -0.15) is 0 Å². The molecule has 1 N–H and O–H groups in total. The van der Waals surface area contributed by atoms with Crippen molar-refractivity contribution < 1.29 is 9.53 Å². The van der Waals surface area contributed by atoms with Gasteiger partial charge < -0.3 is 10.1 Å². The number of ether oxygens (including phenoxy) is 1. The van der Waals surface area contributed by atoms with Crippen molar-refractivity contribution in [2.45, 2.75) is 19.4 Å². The maximum atomic E-state index is 12.3. The van der Waals surface area contributed by atoms with Crippen LogP contribution in [0.2, 0.25) is 0 Å². The number of carbonyl (C=O) groups is 1. The Labute approximate surface area is 127 Å². The fraction of sp³-hybridized carbons (Fsp3) is 0.400. The molecule has 2 aromatic heterocycles. The van der Waals surface area contributed by atoms with Crippen molar-refractivity contribution in [1.82, 2.24) is 15.3 Å². The molecular formula is C15H17N3O2S. The first-order valence-electron chi connectivity index (χ1n) is 6.91. The minimum atomic E-state index is -0.0507. The van der Waals surface area contributed by atoms with E-state index in [1.54, 1.807) is 17.9 Å². The summed E-state index contributed by atoms with van der Waals surface area (Å²) in [4.78, 5) is 21.1. The largest absolute Gasteiger partial charge is 0.379 e. The molecule has 6 heteroatoms. The van der Waals surface area contributed by atoms with Crippen LogP contribution in [0.4, 0.5) is 0 Å². The molecule has 0 unspecified atom stereocenters. The molecule has 1 saturated heterocycles. The number of nitrogens with zero attached hydrogens (tertiary/aromatic N) is 2. The van der Waals surface area contributed by atoms with Gasteiger partial charge in [0.05, 0.1) is 30.5 Å². The minimum absolute atomic E-state index is 0.0483. The average Bonchev–Trinajstić information content (AvgIpc) is 3.10. The first-order valence-corrected chi connectivity index (χ1v) is 7.79. The number of aryl methyl sites for hydroxylation is 1. The molecule has 1 aliphatic heterocycles. The zero-order valence-corrected chi connectivity index (χ0v) is 12.6. The molecular weight excluding hydrogens is 286 g/mol. The number of thiazole rings is 1. The van der Waals surface area contributed by atoms with E-state index in [0.717, 1.165) is 12.1 Å². The highest BCUT2D eigenvalue weighted by molar-refractivity contribution is 7.11. The fourth-order valence-electron chi connectivity index (χ4n) is 2.53. The molecule has 1 fully saturated rings.